The van der Waals surface area contributed by atoms with Crippen LogP contribution in [0.5, 0.6) is 0 Å². The van der Waals surface area contributed by atoms with Crippen LogP contribution >= 0.6 is 0 Å². The normalized spacial score (nSPS) is 14.3. The second-order valence-electron chi connectivity index (χ2n) is 6.45. The monoisotopic (exact) mass is 300 g/mol. The fourth-order valence-corrected chi connectivity index (χ4v) is 1.72. The van der Waals surface area contributed by atoms with E-state index in [1.54, 1.807) is 20.8 Å². The molecule has 0 aliphatic carbocycles. The van der Waals surface area contributed by atoms with Crippen molar-refractivity contribution in [3.05, 3.63) is 0 Å². The average Bonchev–Trinajstić information content (AvgIpc) is 2.29. The van der Waals surface area contributed by atoms with Crippen molar-refractivity contribution < 1.29 is 19.1 Å². The Morgan fingerprint density at radius 1 is 1.10 bits per heavy atom. The van der Waals surface area contributed by atoms with Gasteiger partial charge in [0.05, 0.1) is 6.04 Å². The lowest BCUT2D eigenvalue weighted by atomic mass is 10.0. The van der Waals surface area contributed by atoms with E-state index in [0.717, 1.165) is 0 Å². The maximum Gasteiger partial charge on any atom is 0.408 e. The molecule has 0 unspecified atom stereocenters. The first kappa shape index (κ1) is 19.4. The Morgan fingerprint density at radius 3 is 1.95 bits per heavy atom. The zero-order valence-corrected chi connectivity index (χ0v) is 14.1. The van der Waals surface area contributed by atoms with E-state index in [0.29, 0.717) is 6.42 Å². The smallest absolute Gasteiger partial charge is 0.408 e. The summed E-state index contributed by atoms with van der Waals surface area (Å²) >= 11 is 0. The molecule has 0 aromatic rings. The number of alkyl carbamates (subject to hydrolysis) is 1. The van der Waals surface area contributed by atoms with Crippen LogP contribution in [0.3, 0.4) is 0 Å². The maximum atomic E-state index is 12.2. The quantitative estimate of drug-likeness (QED) is 0.786. The molecule has 6 heteroatoms. The number of nitrogens with one attached hydrogen (secondary N) is 2. The molecule has 0 aromatic heterocycles. The number of hydrogen-bond donors (Lipinski definition) is 2. The van der Waals surface area contributed by atoms with Crippen LogP contribution in [0, 0.1) is 5.92 Å². The van der Waals surface area contributed by atoms with Crippen molar-refractivity contribution >= 4 is 17.8 Å². The van der Waals surface area contributed by atoms with Crippen molar-refractivity contribution in [2.45, 2.75) is 72.6 Å². The highest BCUT2D eigenvalue weighted by atomic mass is 16.6. The van der Waals surface area contributed by atoms with Crippen molar-refractivity contribution in [3.63, 3.8) is 0 Å². The Hall–Kier alpha value is -1.59. The molecule has 0 aliphatic rings. The molecular weight excluding hydrogens is 272 g/mol. The first-order valence-electron chi connectivity index (χ1n) is 7.28. The third-order valence-electron chi connectivity index (χ3n) is 2.84. The summed E-state index contributed by atoms with van der Waals surface area (Å²) in [5.41, 5.74) is -0.632. The van der Waals surface area contributed by atoms with E-state index in [9.17, 15) is 14.4 Å². The Labute approximate surface area is 127 Å². The van der Waals surface area contributed by atoms with Crippen LogP contribution in [0.15, 0.2) is 0 Å². The summed E-state index contributed by atoms with van der Waals surface area (Å²) in [6, 6.07) is -1.27. The highest BCUT2D eigenvalue weighted by Gasteiger charge is 2.28. The third-order valence-corrected chi connectivity index (χ3v) is 2.84. The predicted molar refractivity (Wildman–Crippen MR) is 80.9 cm³/mol. The van der Waals surface area contributed by atoms with E-state index >= 15 is 0 Å². The number of carbonyl (C=O) groups is 3. The van der Waals surface area contributed by atoms with Gasteiger partial charge in [-0.1, -0.05) is 20.8 Å². The molecule has 21 heavy (non-hydrogen) atoms. The minimum atomic E-state index is -0.742. The summed E-state index contributed by atoms with van der Waals surface area (Å²) in [6.07, 6.45) is -0.134. The van der Waals surface area contributed by atoms with Gasteiger partial charge in [0.15, 0.2) is 5.78 Å². The van der Waals surface area contributed by atoms with E-state index < -0.39 is 23.8 Å². The van der Waals surface area contributed by atoms with Gasteiger partial charge in [-0.25, -0.2) is 4.79 Å². The van der Waals surface area contributed by atoms with Crippen LogP contribution in [0.1, 0.15) is 54.9 Å². The van der Waals surface area contributed by atoms with Crippen LogP contribution in [-0.2, 0) is 14.3 Å². The van der Waals surface area contributed by atoms with Crippen molar-refractivity contribution in [2.75, 3.05) is 0 Å². The Morgan fingerprint density at radius 2 is 1.62 bits per heavy atom. The van der Waals surface area contributed by atoms with Gasteiger partial charge < -0.3 is 15.4 Å². The van der Waals surface area contributed by atoms with E-state index in [2.05, 4.69) is 10.6 Å². The third kappa shape index (κ3) is 7.68. The van der Waals surface area contributed by atoms with Gasteiger partial charge in [-0.3, -0.25) is 9.59 Å². The predicted octanol–water partition coefficient (Wildman–Crippen LogP) is 2.02. The molecule has 0 fully saturated rings. The van der Waals surface area contributed by atoms with Crippen LogP contribution in [0.2, 0.25) is 0 Å². The Bertz CT molecular complexity index is 386. The van der Waals surface area contributed by atoms with Crippen LogP contribution in [0.4, 0.5) is 4.79 Å². The standard InChI is InChI=1S/C15H28N2O4/c1-8-11(10(4)18)16-13(19)12(9(2)3)17-14(20)21-15(5,6)7/h9,11-12H,8H2,1-7H3,(H,16,19)(H,17,20)/t11-,12-/m0/s1. The first-order valence-corrected chi connectivity index (χ1v) is 7.28. The lowest BCUT2D eigenvalue weighted by Gasteiger charge is -2.26. The lowest BCUT2D eigenvalue weighted by Crippen LogP contribution is -2.54. The van der Waals surface area contributed by atoms with E-state index in [4.69, 9.17) is 4.74 Å². The topological polar surface area (TPSA) is 84.5 Å². The maximum absolute atomic E-state index is 12.2. The molecule has 122 valence electrons. The molecule has 0 rings (SSSR count). The average molecular weight is 300 g/mol. The molecule has 2 N–H and O–H groups in total. The fourth-order valence-electron chi connectivity index (χ4n) is 1.72. The number of ether oxygens (including phenoxy) is 1. The molecule has 0 radical (unpaired) electrons. The minimum absolute atomic E-state index is 0.106. The molecule has 0 heterocycles. The molecule has 6 nitrogen and oxygen atoms in total. The van der Waals surface area contributed by atoms with Crippen LogP contribution in [0.25, 0.3) is 0 Å². The van der Waals surface area contributed by atoms with Gasteiger partial charge in [0, 0.05) is 0 Å². The number of carbonyl (C=O) groups excluding carboxylic acids is 3. The summed E-state index contributed by atoms with van der Waals surface area (Å²) in [5.74, 6) is -0.606. The van der Waals surface area contributed by atoms with Gasteiger partial charge in [-0.15, -0.1) is 0 Å². The zero-order chi connectivity index (χ0) is 16.8. The zero-order valence-electron chi connectivity index (χ0n) is 14.1. The first-order chi connectivity index (χ1) is 9.47. The molecule has 2 atom stereocenters. The van der Waals surface area contributed by atoms with Crippen molar-refractivity contribution in [3.8, 4) is 0 Å². The largest absolute Gasteiger partial charge is 0.444 e. The Balaban J connectivity index is 4.79. The van der Waals surface area contributed by atoms with Crippen molar-refractivity contribution in [1.29, 1.82) is 0 Å². The van der Waals surface area contributed by atoms with Crippen LogP contribution in [-0.4, -0.2) is 35.5 Å². The second kappa shape index (κ2) is 8.00. The summed E-state index contributed by atoms with van der Waals surface area (Å²) in [6.45, 7) is 12.1. The molecule has 0 saturated carbocycles. The highest BCUT2D eigenvalue weighted by Crippen LogP contribution is 2.09. The molecule has 0 spiro atoms. The van der Waals surface area contributed by atoms with Gasteiger partial charge in [0.2, 0.25) is 5.91 Å². The lowest BCUT2D eigenvalue weighted by molar-refractivity contribution is -0.129. The molecule has 0 bridgehead atoms. The van der Waals surface area contributed by atoms with Gasteiger partial charge in [0.1, 0.15) is 11.6 Å². The SMILES string of the molecule is CC[C@H](NC(=O)[C@@H](NC(=O)OC(C)(C)C)C(C)C)C(C)=O. The van der Waals surface area contributed by atoms with Crippen molar-refractivity contribution in [2.24, 2.45) is 5.92 Å². The van der Waals surface area contributed by atoms with Gasteiger partial charge in [-0.05, 0) is 40.0 Å². The number of amides is 2. The van der Waals surface area contributed by atoms with Crippen molar-refractivity contribution in [1.82, 2.24) is 10.6 Å². The summed E-state index contributed by atoms with van der Waals surface area (Å²) in [5, 5.41) is 5.21. The van der Waals surface area contributed by atoms with E-state index in [-0.39, 0.29) is 17.6 Å². The molecule has 0 aromatic carbocycles. The molecule has 2 amide bonds. The summed E-state index contributed by atoms with van der Waals surface area (Å²) < 4.78 is 5.15. The van der Waals surface area contributed by atoms with E-state index in [1.807, 2.05) is 20.8 Å². The number of rotatable bonds is 6. The number of hydrogen-bond acceptors (Lipinski definition) is 4. The molecule has 0 saturated heterocycles. The number of ketones is 1. The molecular formula is C15H28N2O4. The molecule has 0 aliphatic heterocycles. The van der Waals surface area contributed by atoms with Gasteiger partial charge in [-0.2, -0.15) is 0 Å². The van der Waals surface area contributed by atoms with Crippen LogP contribution < -0.4 is 10.6 Å². The van der Waals surface area contributed by atoms with Gasteiger partial charge in [0.25, 0.3) is 0 Å². The van der Waals surface area contributed by atoms with E-state index in [1.165, 1.54) is 6.92 Å². The fraction of sp³-hybridized carbons (Fsp3) is 0.800. The highest BCUT2D eigenvalue weighted by molar-refractivity contribution is 5.91. The second-order valence-corrected chi connectivity index (χ2v) is 6.45. The summed E-state index contributed by atoms with van der Waals surface area (Å²) in [4.78, 5) is 35.4. The minimum Gasteiger partial charge on any atom is -0.444 e. The van der Waals surface area contributed by atoms with Gasteiger partial charge >= 0.3 is 6.09 Å². The Kier molecular flexibility index (Phi) is 7.39. The summed E-state index contributed by atoms with van der Waals surface area (Å²) in [7, 11) is 0. The number of Topliss-reactive ketones (excluding diaryl/α,β-unsaturated/α-hetero) is 1.